The van der Waals surface area contributed by atoms with E-state index in [9.17, 15) is 13.5 Å². The standard InChI is InChI=1S/C17H18N2O3S/c18-14-16-6-8-17(9-7-16)23(21,22)19(12-13-20)11-10-15-4-2-1-3-5-15/h1-9,20H,10-13H2. The lowest BCUT2D eigenvalue weighted by Gasteiger charge is -2.21. The highest BCUT2D eigenvalue weighted by molar-refractivity contribution is 7.89. The monoisotopic (exact) mass is 330 g/mol. The molecule has 0 heterocycles. The van der Waals surface area contributed by atoms with E-state index in [1.807, 2.05) is 36.4 Å². The molecule has 5 nitrogen and oxygen atoms in total. The summed E-state index contributed by atoms with van der Waals surface area (Å²) in [4.78, 5) is 0.123. The van der Waals surface area contributed by atoms with Gasteiger partial charge in [-0.3, -0.25) is 0 Å². The summed E-state index contributed by atoms with van der Waals surface area (Å²) in [6, 6.07) is 17.3. The molecule has 1 N–H and O–H groups in total. The van der Waals surface area contributed by atoms with Crippen molar-refractivity contribution in [1.82, 2.24) is 4.31 Å². The molecule has 6 heteroatoms. The average molecular weight is 330 g/mol. The molecule has 0 saturated carbocycles. The number of rotatable bonds is 7. The van der Waals surface area contributed by atoms with Gasteiger partial charge in [-0.05, 0) is 36.2 Å². The van der Waals surface area contributed by atoms with E-state index < -0.39 is 10.0 Å². The number of benzene rings is 2. The predicted molar refractivity (Wildman–Crippen MR) is 87.1 cm³/mol. The van der Waals surface area contributed by atoms with Gasteiger partial charge in [-0.1, -0.05) is 30.3 Å². The van der Waals surface area contributed by atoms with E-state index in [0.29, 0.717) is 12.0 Å². The van der Waals surface area contributed by atoms with Crippen molar-refractivity contribution in [3.05, 3.63) is 65.7 Å². The summed E-state index contributed by atoms with van der Waals surface area (Å²) in [5, 5.41) is 18.0. The lowest BCUT2D eigenvalue weighted by molar-refractivity contribution is 0.254. The first kappa shape index (κ1) is 17.2. The molecule has 2 rings (SSSR count). The summed E-state index contributed by atoms with van der Waals surface area (Å²) in [5.41, 5.74) is 1.44. The molecule has 0 spiro atoms. The Kier molecular flexibility index (Phi) is 5.88. The lowest BCUT2D eigenvalue weighted by Crippen LogP contribution is -2.35. The second-order valence-electron chi connectivity index (χ2n) is 5.00. The molecule has 0 aromatic heterocycles. The molecule has 0 aliphatic carbocycles. The van der Waals surface area contributed by atoms with Gasteiger partial charge in [0.1, 0.15) is 0 Å². The van der Waals surface area contributed by atoms with Crippen LogP contribution >= 0.6 is 0 Å². The van der Waals surface area contributed by atoms with Crippen LogP contribution in [0.5, 0.6) is 0 Å². The number of hydrogen-bond donors (Lipinski definition) is 1. The molecule has 23 heavy (non-hydrogen) atoms. The minimum atomic E-state index is -3.69. The summed E-state index contributed by atoms with van der Waals surface area (Å²) < 4.78 is 26.6. The highest BCUT2D eigenvalue weighted by atomic mass is 32.2. The second-order valence-corrected chi connectivity index (χ2v) is 6.94. The topological polar surface area (TPSA) is 81.4 Å². The van der Waals surface area contributed by atoms with Crippen molar-refractivity contribution < 1.29 is 13.5 Å². The number of nitrogens with zero attached hydrogens (tertiary/aromatic N) is 2. The van der Waals surface area contributed by atoms with Gasteiger partial charge in [-0.25, -0.2) is 8.42 Å². The van der Waals surface area contributed by atoms with Crippen molar-refractivity contribution in [2.24, 2.45) is 0 Å². The third-order valence-electron chi connectivity index (χ3n) is 3.46. The van der Waals surface area contributed by atoms with E-state index in [1.165, 1.54) is 28.6 Å². The average Bonchev–Trinajstić information content (AvgIpc) is 2.59. The Morgan fingerprint density at radius 1 is 1.00 bits per heavy atom. The zero-order valence-electron chi connectivity index (χ0n) is 12.6. The molecule has 2 aromatic carbocycles. The first-order valence-electron chi connectivity index (χ1n) is 7.23. The third-order valence-corrected chi connectivity index (χ3v) is 5.38. The van der Waals surface area contributed by atoms with Gasteiger partial charge in [0.25, 0.3) is 0 Å². The van der Waals surface area contributed by atoms with Crippen LogP contribution in [0.3, 0.4) is 0 Å². The molecule has 0 aliphatic rings. The fourth-order valence-corrected chi connectivity index (χ4v) is 3.64. The first-order chi connectivity index (χ1) is 11.1. The first-order valence-corrected chi connectivity index (χ1v) is 8.67. The van der Waals surface area contributed by atoms with Crippen molar-refractivity contribution in [2.45, 2.75) is 11.3 Å². The highest BCUT2D eigenvalue weighted by Gasteiger charge is 2.23. The minimum absolute atomic E-state index is 0.0369. The molecule has 0 saturated heterocycles. The van der Waals surface area contributed by atoms with Crippen LogP contribution in [0.2, 0.25) is 0 Å². The maximum Gasteiger partial charge on any atom is 0.243 e. The van der Waals surface area contributed by atoms with Crippen LogP contribution < -0.4 is 0 Å². The van der Waals surface area contributed by atoms with Crippen molar-refractivity contribution in [1.29, 1.82) is 5.26 Å². The Labute approximate surface area is 136 Å². The predicted octanol–water partition coefficient (Wildman–Crippen LogP) is 1.78. The molecular weight excluding hydrogens is 312 g/mol. The summed E-state index contributed by atoms with van der Waals surface area (Å²) in [6.07, 6.45) is 0.566. The van der Waals surface area contributed by atoms with Gasteiger partial charge in [0, 0.05) is 13.1 Å². The molecular formula is C17H18N2O3S. The number of aliphatic hydroxyl groups is 1. The lowest BCUT2D eigenvalue weighted by atomic mass is 10.1. The Morgan fingerprint density at radius 2 is 1.65 bits per heavy atom. The Hall–Kier alpha value is -2.20. The SMILES string of the molecule is N#Cc1ccc(S(=O)(=O)N(CCO)CCc2ccccc2)cc1. The highest BCUT2D eigenvalue weighted by Crippen LogP contribution is 2.17. The van der Waals surface area contributed by atoms with Crippen LogP contribution in [0, 0.1) is 11.3 Å². The molecule has 0 aliphatic heterocycles. The van der Waals surface area contributed by atoms with E-state index >= 15 is 0 Å². The smallest absolute Gasteiger partial charge is 0.243 e. The van der Waals surface area contributed by atoms with E-state index in [2.05, 4.69) is 0 Å². The number of sulfonamides is 1. The van der Waals surface area contributed by atoms with Crippen LogP contribution in [0.4, 0.5) is 0 Å². The third kappa shape index (κ3) is 4.39. The van der Waals surface area contributed by atoms with E-state index in [-0.39, 0.29) is 24.6 Å². The van der Waals surface area contributed by atoms with E-state index in [0.717, 1.165) is 5.56 Å². The minimum Gasteiger partial charge on any atom is -0.395 e. The zero-order chi connectivity index (χ0) is 16.7. The number of hydrogen-bond acceptors (Lipinski definition) is 4. The molecule has 0 radical (unpaired) electrons. The van der Waals surface area contributed by atoms with Crippen LogP contribution in [0.15, 0.2) is 59.5 Å². The Morgan fingerprint density at radius 3 is 2.22 bits per heavy atom. The summed E-state index contributed by atoms with van der Waals surface area (Å²) in [7, 11) is -3.69. The van der Waals surface area contributed by atoms with Crippen molar-refractivity contribution in [3.63, 3.8) is 0 Å². The zero-order valence-corrected chi connectivity index (χ0v) is 13.4. The van der Waals surface area contributed by atoms with Gasteiger partial charge in [-0.2, -0.15) is 9.57 Å². The number of nitriles is 1. The van der Waals surface area contributed by atoms with Gasteiger partial charge in [0.15, 0.2) is 0 Å². The Balaban J connectivity index is 2.18. The molecule has 0 fully saturated rings. The van der Waals surface area contributed by atoms with Crippen molar-refractivity contribution >= 4 is 10.0 Å². The maximum absolute atomic E-state index is 12.7. The molecule has 0 unspecified atom stereocenters. The van der Waals surface area contributed by atoms with Crippen molar-refractivity contribution in [2.75, 3.05) is 19.7 Å². The largest absolute Gasteiger partial charge is 0.395 e. The number of aliphatic hydroxyl groups excluding tert-OH is 1. The van der Waals surface area contributed by atoms with Gasteiger partial charge in [0.05, 0.1) is 23.1 Å². The molecule has 120 valence electrons. The van der Waals surface area contributed by atoms with Crippen LogP contribution in [-0.2, 0) is 16.4 Å². The molecule has 0 atom stereocenters. The van der Waals surface area contributed by atoms with E-state index in [1.54, 1.807) is 0 Å². The fourth-order valence-electron chi connectivity index (χ4n) is 2.21. The summed E-state index contributed by atoms with van der Waals surface area (Å²) in [6.45, 7) is 0.0758. The van der Waals surface area contributed by atoms with Gasteiger partial charge in [-0.15, -0.1) is 0 Å². The van der Waals surface area contributed by atoms with E-state index in [4.69, 9.17) is 5.26 Å². The second kappa shape index (κ2) is 7.88. The molecule has 0 amide bonds. The van der Waals surface area contributed by atoms with Crippen molar-refractivity contribution in [3.8, 4) is 6.07 Å². The maximum atomic E-state index is 12.7. The van der Waals surface area contributed by atoms with Gasteiger partial charge >= 0.3 is 0 Å². The van der Waals surface area contributed by atoms with Crippen LogP contribution in [0.25, 0.3) is 0 Å². The van der Waals surface area contributed by atoms with Gasteiger partial charge in [0.2, 0.25) is 10.0 Å². The summed E-state index contributed by atoms with van der Waals surface area (Å²) in [5.74, 6) is 0. The Bertz CT molecular complexity index is 766. The quantitative estimate of drug-likeness (QED) is 0.839. The molecule has 2 aromatic rings. The fraction of sp³-hybridized carbons (Fsp3) is 0.235. The molecule has 0 bridgehead atoms. The van der Waals surface area contributed by atoms with Crippen LogP contribution in [0.1, 0.15) is 11.1 Å². The summed E-state index contributed by atoms with van der Waals surface area (Å²) >= 11 is 0. The van der Waals surface area contributed by atoms with Gasteiger partial charge < -0.3 is 5.11 Å². The normalized spacial score (nSPS) is 11.3. The van der Waals surface area contributed by atoms with Crippen LogP contribution in [-0.4, -0.2) is 37.5 Å².